The largest absolute Gasteiger partial charge is 0.480 e. The monoisotopic (exact) mass is 300 g/mol. The van der Waals surface area contributed by atoms with Gasteiger partial charge < -0.3 is 20.5 Å². The molecule has 0 spiro atoms. The van der Waals surface area contributed by atoms with E-state index in [0.29, 0.717) is 26.0 Å². The third-order valence-electron chi connectivity index (χ3n) is 3.93. The van der Waals surface area contributed by atoms with Gasteiger partial charge in [-0.2, -0.15) is 0 Å². The molecule has 6 nitrogen and oxygen atoms in total. The standard InChI is InChI=1S/C15H28N2O4/c1-4-21-14(2,3)11-16-13(20)17-15(12(18)19)9-7-5-6-8-10-15/h4-11H2,1-3H3,(H,18,19)(H2,16,17,20). The third kappa shape index (κ3) is 5.53. The van der Waals surface area contributed by atoms with Crippen molar-refractivity contribution in [3.05, 3.63) is 0 Å². The van der Waals surface area contributed by atoms with Crippen molar-refractivity contribution in [3.8, 4) is 0 Å². The minimum Gasteiger partial charge on any atom is -0.480 e. The predicted molar refractivity (Wildman–Crippen MR) is 80.3 cm³/mol. The highest BCUT2D eigenvalue weighted by atomic mass is 16.5. The molecule has 3 N–H and O–H groups in total. The molecule has 1 aliphatic rings. The molecule has 0 atom stereocenters. The van der Waals surface area contributed by atoms with Gasteiger partial charge in [0.15, 0.2) is 0 Å². The fourth-order valence-corrected chi connectivity index (χ4v) is 2.72. The molecule has 0 aromatic rings. The number of urea groups is 1. The zero-order valence-corrected chi connectivity index (χ0v) is 13.3. The summed E-state index contributed by atoms with van der Waals surface area (Å²) in [4.78, 5) is 23.6. The van der Waals surface area contributed by atoms with Crippen LogP contribution in [0, 0.1) is 0 Å². The van der Waals surface area contributed by atoms with E-state index in [-0.39, 0.29) is 0 Å². The van der Waals surface area contributed by atoms with Crippen molar-refractivity contribution < 1.29 is 19.4 Å². The molecule has 0 heterocycles. The second-order valence-corrected chi connectivity index (χ2v) is 6.30. The second kappa shape index (κ2) is 7.64. The lowest BCUT2D eigenvalue weighted by molar-refractivity contribution is -0.145. The maximum Gasteiger partial charge on any atom is 0.329 e. The summed E-state index contributed by atoms with van der Waals surface area (Å²) < 4.78 is 5.50. The van der Waals surface area contributed by atoms with Gasteiger partial charge in [-0.25, -0.2) is 9.59 Å². The number of carbonyl (C=O) groups excluding carboxylic acids is 1. The molecule has 1 rings (SSSR count). The van der Waals surface area contributed by atoms with Crippen LogP contribution >= 0.6 is 0 Å². The number of amides is 2. The summed E-state index contributed by atoms with van der Waals surface area (Å²) in [5, 5.41) is 14.9. The van der Waals surface area contributed by atoms with Crippen LogP contribution in [-0.4, -0.2) is 41.4 Å². The van der Waals surface area contributed by atoms with Gasteiger partial charge in [0.05, 0.1) is 5.60 Å². The summed E-state index contributed by atoms with van der Waals surface area (Å²) in [6, 6.07) is -0.438. The van der Waals surface area contributed by atoms with Gasteiger partial charge in [-0.1, -0.05) is 25.7 Å². The van der Waals surface area contributed by atoms with Gasteiger partial charge in [0.1, 0.15) is 5.54 Å². The van der Waals surface area contributed by atoms with E-state index < -0.39 is 23.1 Å². The summed E-state index contributed by atoms with van der Waals surface area (Å²) in [7, 11) is 0. The molecule has 0 unspecified atom stereocenters. The van der Waals surface area contributed by atoms with Crippen molar-refractivity contribution in [1.29, 1.82) is 0 Å². The minimum absolute atomic E-state index is 0.336. The Bertz CT molecular complexity index is 361. The molecule has 0 aliphatic heterocycles. The van der Waals surface area contributed by atoms with Crippen LogP contribution < -0.4 is 10.6 Å². The molecule has 1 fully saturated rings. The molecule has 21 heavy (non-hydrogen) atoms. The molecule has 0 aromatic carbocycles. The van der Waals surface area contributed by atoms with E-state index in [2.05, 4.69) is 10.6 Å². The van der Waals surface area contributed by atoms with Crippen molar-refractivity contribution in [1.82, 2.24) is 10.6 Å². The fourth-order valence-electron chi connectivity index (χ4n) is 2.72. The van der Waals surface area contributed by atoms with Gasteiger partial charge in [-0.3, -0.25) is 0 Å². The number of nitrogens with one attached hydrogen (secondary N) is 2. The van der Waals surface area contributed by atoms with E-state index >= 15 is 0 Å². The van der Waals surface area contributed by atoms with E-state index in [0.717, 1.165) is 25.7 Å². The number of carboxylic acid groups (broad SMARTS) is 1. The van der Waals surface area contributed by atoms with Crippen LogP contribution in [0.1, 0.15) is 59.3 Å². The predicted octanol–water partition coefficient (Wildman–Crippen LogP) is 2.28. The lowest BCUT2D eigenvalue weighted by Crippen LogP contribution is -2.58. The topological polar surface area (TPSA) is 87.7 Å². The Morgan fingerprint density at radius 2 is 1.76 bits per heavy atom. The van der Waals surface area contributed by atoms with E-state index in [9.17, 15) is 14.7 Å². The Hall–Kier alpha value is -1.30. The zero-order chi connectivity index (χ0) is 15.9. The van der Waals surface area contributed by atoms with Gasteiger partial charge in [0, 0.05) is 13.2 Å². The molecule has 0 aromatic heterocycles. The molecule has 122 valence electrons. The summed E-state index contributed by atoms with van der Waals surface area (Å²) in [6.07, 6.45) is 4.69. The van der Waals surface area contributed by atoms with Gasteiger partial charge in [0.25, 0.3) is 0 Å². The summed E-state index contributed by atoms with van der Waals surface area (Å²) in [5.74, 6) is -0.941. The normalized spacial score (nSPS) is 18.6. The number of ether oxygens (including phenoxy) is 1. The van der Waals surface area contributed by atoms with Crippen LogP contribution in [0.15, 0.2) is 0 Å². The Morgan fingerprint density at radius 1 is 1.19 bits per heavy atom. The summed E-state index contributed by atoms with van der Waals surface area (Å²) in [5.41, 5.74) is -1.59. The molecular weight excluding hydrogens is 272 g/mol. The molecule has 1 aliphatic carbocycles. The smallest absolute Gasteiger partial charge is 0.329 e. The number of hydrogen-bond donors (Lipinski definition) is 3. The van der Waals surface area contributed by atoms with Crippen LogP contribution in [-0.2, 0) is 9.53 Å². The van der Waals surface area contributed by atoms with Crippen LogP contribution in [0.3, 0.4) is 0 Å². The number of rotatable bonds is 6. The highest BCUT2D eigenvalue weighted by Gasteiger charge is 2.40. The molecule has 2 amide bonds. The first-order valence-corrected chi connectivity index (χ1v) is 7.75. The molecule has 1 saturated carbocycles. The van der Waals surface area contributed by atoms with E-state index in [1.165, 1.54) is 0 Å². The Balaban J connectivity index is 2.59. The van der Waals surface area contributed by atoms with Crippen molar-refractivity contribution >= 4 is 12.0 Å². The van der Waals surface area contributed by atoms with Gasteiger partial charge in [-0.15, -0.1) is 0 Å². The Morgan fingerprint density at radius 3 is 2.24 bits per heavy atom. The van der Waals surface area contributed by atoms with E-state index in [1.54, 1.807) is 0 Å². The molecule has 0 saturated heterocycles. The lowest BCUT2D eigenvalue weighted by atomic mass is 9.90. The van der Waals surface area contributed by atoms with Crippen LogP contribution in [0.4, 0.5) is 4.79 Å². The first-order chi connectivity index (χ1) is 9.81. The fraction of sp³-hybridized carbons (Fsp3) is 0.867. The lowest BCUT2D eigenvalue weighted by Gasteiger charge is -2.31. The second-order valence-electron chi connectivity index (χ2n) is 6.30. The van der Waals surface area contributed by atoms with Gasteiger partial charge >= 0.3 is 12.0 Å². The average Bonchev–Trinajstić information content (AvgIpc) is 2.63. The number of hydrogen-bond acceptors (Lipinski definition) is 3. The molecule has 0 radical (unpaired) electrons. The molecule has 6 heteroatoms. The van der Waals surface area contributed by atoms with Crippen molar-refractivity contribution in [2.24, 2.45) is 0 Å². The zero-order valence-electron chi connectivity index (χ0n) is 13.3. The van der Waals surface area contributed by atoms with Crippen molar-refractivity contribution in [2.45, 2.75) is 70.4 Å². The average molecular weight is 300 g/mol. The van der Waals surface area contributed by atoms with E-state index in [4.69, 9.17) is 4.74 Å². The van der Waals surface area contributed by atoms with Crippen LogP contribution in [0.5, 0.6) is 0 Å². The van der Waals surface area contributed by atoms with Crippen LogP contribution in [0.2, 0.25) is 0 Å². The summed E-state index contributed by atoms with van der Waals surface area (Å²) >= 11 is 0. The molecular formula is C15H28N2O4. The Kier molecular flexibility index (Phi) is 6.45. The highest BCUT2D eigenvalue weighted by molar-refractivity contribution is 5.86. The summed E-state index contributed by atoms with van der Waals surface area (Å²) in [6.45, 7) is 6.56. The van der Waals surface area contributed by atoms with Crippen molar-refractivity contribution in [3.63, 3.8) is 0 Å². The minimum atomic E-state index is -1.13. The number of carbonyl (C=O) groups is 2. The molecule has 0 bridgehead atoms. The van der Waals surface area contributed by atoms with Gasteiger partial charge in [-0.05, 0) is 33.6 Å². The maximum absolute atomic E-state index is 12.0. The maximum atomic E-state index is 12.0. The first-order valence-electron chi connectivity index (χ1n) is 7.75. The quantitative estimate of drug-likeness (QED) is 0.657. The van der Waals surface area contributed by atoms with Gasteiger partial charge in [0.2, 0.25) is 0 Å². The number of carboxylic acids is 1. The van der Waals surface area contributed by atoms with Crippen LogP contribution in [0.25, 0.3) is 0 Å². The first kappa shape index (κ1) is 17.8. The van der Waals surface area contributed by atoms with Crippen molar-refractivity contribution in [2.75, 3.05) is 13.2 Å². The Labute approximate surface area is 126 Å². The van der Waals surface area contributed by atoms with E-state index in [1.807, 2.05) is 20.8 Å². The SMILES string of the molecule is CCOC(C)(C)CNC(=O)NC1(C(=O)O)CCCCCC1. The number of aliphatic carboxylic acids is 1. The third-order valence-corrected chi connectivity index (χ3v) is 3.93. The highest BCUT2D eigenvalue weighted by Crippen LogP contribution is 2.27.